The summed E-state index contributed by atoms with van der Waals surface area (Å²) >= 11 is 0. The monoisotopic (exact) mass is 364 g/mol. The summed E-state index contributed by atoms with van der Waals surface area (Å²) in [7, 11) is 0. The molecule has 2 N–H and O–H groups in total. The molecule has 0 atom stereocenters. The third-order valence-electron chi connectivity index (χ3n) is 3.76. The Balaban J connectivity index is 1.76. The standard InChI is InChI=1S/C21H17FN2O3/c22-18-11-5-4-9-16(18)14-23-21(26)19(13-17-10-6-12-27-17)24-20(25)15-7-2-1-3-8-15/h1-13H,14H2,(H,23,26)(H,24,25)/b19-13+. The molecule has 1 heterocycles. The predicted molar refractivity (Wildman–Crippen MR) is 98.8 cm³/mol. The zero-order valence-corrected chi connectivity index (χ0v) is 14.3. The molecule has 6 heteroatoms. The van der Waals surface area contributed by atoms with Crippen LogP contribution in [0.15, 0.2) is 83.1 Å². The number of nitrogens with one attached hydrogen (secondary N) is 2. The van der Waals surface area contributed by atoms with Gasteiger partial charge >= 0.3 is 0 Å². The number of benzene rings is 2. The van der Waals surface area contributed by atoms with Crippen LogP contribution in [0.1, 0.15) is 21.7 Å². The topological polar surface area (TPSA) is 71.3 Å². The molecule has 0 bridgehead atoms. The quantitative estimate of drug-likeness (QED) is 0.658. The summed E-state index contributed by atoms with van der Waals surface area (Å²) in [5.41, 5.74) is 0.748. The third kappa shape index (κ3) is 4.92. The molecule has 3 aromatic rings. The lowest BCUT2D eigenvalue weighted by molar-refractivity contribution is -0.117. The van der Waals surface area contributed by atoms with Gasteiger partial charge in [-0.2, -0.15) is 0 Å². The normalized spacial score (nSPS) is 11.1. The van der Waals surface area contributed by atoms with Crippen molar-refractivity contribution in [3.05, 3.63) is 101 Å². The van der Waals surface area contributed by atoms with Gasteiger partial charge in [0.25, 0.3) is 11.8 Å². The number of halogens is 1. The van der Waals surface area contributed by atoms with E-state index >= 15 is 0 Å². The van der Waals surface area contributed by atoms with E-state index < -0.39 is 17.6 Å². The molecule has 5 nitrogen and oxygen atoms in total. The van der Waals surface area contributed by atoms with Gasteiger partial charge in [-0.25, -0.2) is 4.39 Å². The number of furan rings is 1. The van der Waals surface area contributed by atoms with Gasteiger partial charge in [0.05, 0.1) is 6.26 Å². The highest BCUT2D eigenvalue weighted by molar-refractivity contribution is 6.05. The van der Waals surface area contributed by atoms with Gasteiger partial charge in [-0.3, -0.25) is 9.59 Å². The molecule has 27 heavy (non-hydrogen) atoms. The zero-order chi connectivity index (χ0) is 19.1. The van der Waals surface area contributed by atoms with Crippen molar-refractivity contribution in [3.63, 3.8) is 0 Å². The second kappa shape index (κ2) is 8.62. The van der Waals surface area contributed by atoms with Gasteiger partial charge < -0.3 is 15.1 Å². The van der Waals surface area contributed by atoms with E-state index in [1.807, 2.05) is 0 Å². The number of hydrogen-bond donors (Lipinski definition) is 2. The van der Waals surface area contributed by atoms with E-state index in [1.54, 1.807) is 60.7 Å². The van der Waals surface area contributed by atoms with E-state index in [9.17, 15) is 14.0 Å². The highest BCUT2D eigenvalue weighted by atomic mass is 19.1. The van der Waals surface area contributed by atoms with Crippen molar-refractivity contribution < 1.29 is 18.4 Å². The fourth-order valence-electron chi connectivity index (χ4n) is 2.37. The van der Waals surface area contributed by atoms with Crippen LogP contribution in [0, 0.1) is 5.82 Å². The van der Waals surface area contributed by atoms with Gasteiger partial charge in [0.2, 0.25) is 0 Å². The van der Waals surface area contributed by atoms with Crippen molar-refractivity contribution in [2.75, 3.05) is 0 Å². The highest BCUT2D eigenvalue weighted by Crippen LogP contribution is 2.09. The van der Waals surface area contributed by atoms with Crippen molar-refractivity contribution in [1.82, 2.24) is 10.6 Å². The Morgan fingerprint density at radius 2 is 1.70 bits per heavy atom. The zero-order valence-electron chi connectivity index (χ0n) is 14.3. The molecule has 0 saturated carbocycles. The summed E-state index contributed by atoms with van der Waals surface area (Å²) in [6, 6.07) is 18.0. The first-order valence-corrected chi connectivity index (χ1v) is 8.26. The molecule has 0 radical (unpaired) electrons. The Morgan fingerprint density at radius 1 is 0.963 bits per heavy atom. The summed E-state index contributed by atoms with van der Waals surface area (Å²) in [5.74, 6) is -1.00. The average Bonchev–Trinajstić information content (AvgIpc) is 3.20. The van der Waals surface area contributed by atoms with E-state index in [2.05, 4.69) is 10.6 Å². The van der Waals surface area contributed by atoms with E-state index in [0.717, 1.165) is 0 Å². The van der Waals surface area contributed by atoms with Crippen molar-refractivity contribution in [2.45, 2.75) is 6.54 Å². The van der Waals surface area contributed by atoms with Crippen LogP contribution in [-0.4, -0.2) is 11.8 Å². The summed E-state index contributed by atoms with van der Waals surface area (Å²) in [6.07, 6.45) is 2.87. The van der Waals surface area contributed by atoms with Crippen molar-refractivity contribution in [2.24, 2.45) is 0 Å². The molecule has 0 aliphatic heterocycles. The molecule has 0 aliphatic carbocycles. The van der Waals surface area contributed by atoms with Gasteiger partial charge in [-0.1, -0.05) is 36.4 Å². The van der Waals surface area contributed by atoms with Crippen molar-refractivity contribution in [1.29, 1.82) is 0 Å². The Kier molecular flexibility index (Phi) is 5.79. The second-order valence-electron chi connectivity index (χ2n) is 5.67. The minimum absolute atomic E-state index is 0.00450. The Labute approximate surface area is 155 Å². The Bertz CT molecular complexity index is 951. The summed E-state index contributed by atoms with van der Waals surface area (Å²) in [5, 5.41) is 5.18. The van der Waals surface area contributed by atoms with Gasteiger partial charge in [0.1, 0.15) is 17.3 Å². The second-order valence-corrected chi connectivity index (χ2v) is 5.67. The van der Waals surface area contributed by atoms with Crippen molar-refractivity contribution >= 4 is 17.9 Å². The molecule has 1 aromatic heterocycles. The Morgan fingerprint density at radius 3 is 2.41 bits per heavy atom. The molecule has 2 amide bonds. The first kappa shape index (κ1) is 18.1. The molecule has 0 saturated heterocycles. The van der Waals surface area contributed by atoms with E-state index in [4.69, 9.17) is 4.42 Å². The molecule has 2 aromatic carbocycles. The van der Waals surface area contributed by atoms with Crippen molar-refractivity contribution in [3.8, 4) is 0 Å². The fourth-order valence-corrected chi connectivity index (χ4v) is 2.37. The van der Waals surface area contributed by atoms with Gasteiger partial charge in [0, 0.05) is 23.7 Å². The smallest absolute Gasteiger partial charge is 0.268 e. The van der Waals surface area contributed by atoms with Crippen LogP contribution in [0.5, 0.6) is 0 Å². The number of rotatable bonds is 6. The van der Waals surface area contributed by atoms with E-state index in [0.29, 0.717) is 16.9 Å². The van der Waals surface area contributed by atoms with Gasteiger partial charge in [-0.05, 0) is 30.3 Å². The van der Waals surface area contributed by atoms with Crippen LogP contribution in [0.2, 0.25) is 0 Å². The first-order chi connectivity index (χ1) is 13.1. The lowest BCUT2D eigenvalue weighted by Crippen LogP contribution is -2.34. The maximum absolute atomic E-state index is 13.7. The number of carbonyl (C=O) groups excluding carboxylic acids is 2. The van der Waals surface area contributed by atoms with Crippen LogP contribution in [0.25, 0.3) is 6.08 Å². The van der Waals surface area contributed by atoms with Crippen LogP contribution in [0.3, 0.4) is 0 Å². The molecule has 0 spiro atoms. The minimum atomic E-state index is -0.557. The average molecular weight is 364 g/mol. The van der Waals surface area contributed by atoms with E-state index in [1.165, 1.54) is 18.4 Å². The van der Waals surface area contributed by atoms with Gasteiger partial charge in [0.15, 0.2) is 0 Å². The maximum Gasteiger partial charge on any atom is 0.268 e. The van der Waals surface area contributed by atoms with E-state index in [-0.39, 0.29) is 12.2 Å². The maximum atomic E-state index is 13.7. The lowest BCUT2D eigenvalue weighted by Gasteiger charge is -2.11. The van der Waals surface area contributed by atoms with Crippen LogP contribution < -0.4 is 10.6 Å². The molecule has 0 aliphatic rings. The van der Waals surface area contributed by atoms with Crippen LogP contribution in [0.4, 0.5) is 4.39 Å². The van der Waals surface area contributed by atoms with Gasteiger partial charge in [-0.15, -0.1) is 0 Å². The molecular weight excluding hydrogens is 347 g/mol. The SMILES string of the molecule is O=C(NCc1ccccc1F)/C(=C\c1ccco1)NC(=O)c1ccccc1. The molecule has 136 valence electrons. The Hall–Kier alpha value is -3.67. The lowest BCUT2D eigenvalue weighted by atomic mass is 10.2. The third-order valence-corrected chi connectivity index (χ3v) is 3.76. The first-order valence-electron chi connectivity index (χ1n) is 8.26. The van der Waals surface area contributed by atoms with Crippen LogP contribution in [-0.2, 0) is 11.3 Å². The summed E-state index contributed by atoms with van der Waals surface area (Å²) in [4.78, 5) is 25.0. The number of carbonyl (C=O) groups is 2. The fraction of sp³-hybridized carbons (Fsp3) is 0.0476. The molecule has 3 rings (SSSR count). The molecule has 0 unspecified atom stereocenters. The number of amides is 2. The minimum Gasteiger partial charge on any atom is -0.465 e. The summed E-state index contributed by atoms with van der Waals surface area (Å²) < 4.78 is 18.9. The largest absolute Gasteiger partial charge is 0.465 e. The highest BCUT2D eigenvalue weighted by Gasteiger charge is 2.15. The summed E-state index contributed by atoms with van der Waals surface area (Å²) in [6.45, 7) is -0.0117. The van der Waals surface area contributed by atoms with Crippen LogP contribution >= 0.6 is 0 Å². The molecule has 0 fully saturated rings. The predicted octanol–water partition coefficient (Wildman–Crippen LogP) is 3.51. The number of hydrogen-bond acceptors (Lipinski definition) is 3. The molecular formula is C21H17FN2O3.